The molecule has 4 fully saturated rings. The Labute approximate surface area is 238 Å². The first-order valence-electron chi connectivity index (χ1n) is 15.4. The molecule has 220 valence electrons. The Morgan fingerprint density at radius 2 is 1.75 bits per heavy atom. The van der Waals surface area contributed by atoms with Gasteiger partial charge in [-0.1, -0.05) is 50.7 Å². The standard InChI is InChI=1S/C32H46N2O6/c1-3-40-28(37)20-32-26-16-18-33-27(36)11-9-7-5-4-6-8-10-17-31(22-35,30(32)33)19-25(26)29(38)34(32)21-23-12-14-24(39-2)15-13-23/h12-15,25-26,30,35H,3-11,16-22H2,1-2H3/t25-,26-,30+,31+,32+/m1/s1. The Kier molecular flexibility index (Phi) is 8.74. The number of hydrogen-bond donors (Lipinski definition) is 1. The van der Waals surface area contributed by atoms with Crippen LogP contribution in [-0.4, -0.2) is 71.1 Å². The van der Waals surface area contributed by atoms with Gasteiger partial charge >= 0.3 is 5.97 Å². The maximum Gasteiger partial charge on any atom is 0.308 e. The predicted molar refractivity (Wildman–Crippen MR) is 150 cm³/mol. The first-order valence-corrected chi connectivity index (χ1v) is 15.4. The Hall–Kier alpha value is -2.61. The molecule has 1 saturated carbocycles. The van der Waals surface area contributed by atoms with E-state index in [0.717, 1.165) is 56.3 Å². The molecule has 1 N–H and O–H groups in total. The van der Waals surface area contributed by atoms with Crippen molar-refractivity contribution >= 4 is 17.8 Å². The van der Waals surface area contributed by atoms with Crippen molar-refractivity contribution in [2.24, 2.45) is 17.3 Å². The molecule has 3 saturated heterocycles. The van der Waals surface area contributed by atoms with Gasteiger partial charge in [-0.2, -0.15) is 0 Å². The first-order chi connectivity index (χ1) is 19.4. The van der Waals surface area contributed by atoms with Crippen LogP contribution in [0.15, 0.2) is 24.3 Å². The minimum absolute atomic E-state index is 0.0418. The minimum Gasteiger partial charge on any atom is -0.497 e. The number of methoxy groups -OCH3 is 1. The van der Waals surface area contributed by atoms with Crippen molar-refractivity contribution in [3.63, 3.8) is 0 Å². The third-order valence-corrected chi connectivity index (χ3v) is 10.3. The zero-order valence-electron chi connectivity index (χ0n) is 24.2. The summed E-state index contributed by atoms with van der Waals surface area (Å²) in [4.78, 5) is 45.6. The molecular formula is C32H46N2O6. The fourth-order valence-corrected chi connectivity index (χ4v) is 8.67. The number of benzene rings is 1. The van der Waals surface area contributed by atoms with Gasteiger partial charge in [-0.05, 0) is 56.2 Å². The molecule has 0 unspecified atom stereocenters. The van der Waals surface area contributed by atoms with Crippen molar-refractivity contribution in [2.45, 2.75) is 102 Å². The summed E-state index contributed by atoms with van der Waals surface area (Å²) in [5.41, 5.74) is -0.605. The normalized spacial score (nSPS) is 32.6. The molecule has 4 aliphatic rings. The fourth-order valence-electron chi connectivity index (χ4n) is 8.67. The number of ether oxygens (including phenoxy) is 2. The summed E-state index contributed by atoms with van der Waals surface area (Å²) >= 11 is 0. The highest BCUT2D eigenvalue weighted by molar-refractivity contribution is 5.87. The smallest absolute Gasteiger partial charge is 0.308 e. The van der Waals surface area contributed by atoms with Gasteiger partial charge < -0.3 is 24.4 Å². The summed E-state index contributed by atoms with van der Waals surface area (Å²) in [6.07, 6.45) is 9.85. The lowest BCUT2D eigenvalue weighted by Crippen LogP contribution is -2.75. The van der Waals surface area contributed by atoms with E-state index in [2.05, 4.69) is 0 Å². The topological polar surface area (TPSA) is 96.4 Å². The van der Waals surface area contributed by atoms with Crippen LogP contribution < -0.4 is 4.74 Å². The van der Waals surface area contributed by atoms with Crippen molar-refractivity contribution < 1.29 is 29.0 Å². The zero-order chi connectivity index (χ0) is 28.3. The lowest BCUT2D eigenvalue weighted by atomic mass is 9.51. The minimum atomic E-state index is -0.914. The molecule has 3 heterocycles. The summed E-state index contributed by atoms with van der Waals surface area (Å²) in [5, 5.41) is 11.2. The first kappa shape index (κ1) is 28.9. The van der Waals surface area contributed by atoms with Crippen molar-refractivity contribution in [3.8, 4) is 5.75 Å². The number of aliphatic hydroxyl groups excluding tert-OH is 1. The lowest BCUT2D eigenvalue weighted by molar-refractivity contribution is -0.180. The van der Waals surface area contributed by atoms with Crippen LogP contribution in [0.2, 0.25) is 0 Å². The Balaban J connectivity index is 1.64. The van der Waals surface area contributed by atoms with Gasteiger partial charge in [-0.3, -0.25) is 14.4 Å². The van der Waals surface area contributed by atoms with Gasteiger partial charge in [-0.25, -0.2) is 0 Å². The molecule has 4 bridgehead atoms. The number of likely N-dealkylation sites (tertiary alicyclic amines) is 1. The molecule has 40 heavy (non-hydrogen) atoms. The molecule has 8 nitrogen and oxygen atoms in total. The second-order valence-electron chi connectivity index (χ2n) is 12.4. The number of aliphatic hydroxyl groups is 1. The maximum absolute atomic E-state index is 14.4. The van der Waals surface area contributed by atoms with Gasteiger partial charge in [0.25, 0.3) is 0 Å². The molecule has 0 aromatic heterocycles. The molecular weight excluding hydrogens is 508 g/mol. The molecule has 5 rings (SSSR count). The number of nitrogens with zero attached hydrogens (tertiary/aromatic N) is 2. The van der Waals surface area contributed by atoms with E-state index in [1.807, 2.05) is 34.1 Å². The fraction of sp³-hybridized carbons (Fsp3) is 0.719. The molecule has 5 atom stereocenters. The number of carbonyl (C=O) groups excluding carboxylic acids is 3. The van der Waals surface area contributed by atoms with E-state index < -0.39 is 17.0 Å². The molecule has 8 heteroatoms. The molecule has 0 spiro atoms. The highest BCUT2D eigenvalue weighted by Crippen LogP contribution is 2.63. The summed E-state index contributed by atoms with van der Waals surface area (Å²) in [7, 11) is 1.62. The van der Waals surface area contributed by atoms with Crippen LogP contribution in [0.25, 0.3) is 0 Å². The molecule has 0 radical (unpaired) electrons. The van der Waals surface area contributed by atoms with Gasteiger partial charge in [0.1, 0.15) is 5.75 Å². The maximum atomic E-state index is 14.4. The third kappa shape index (κ3) is 5.01. The van der Waals surface area contributed by atoms with E-state index in [1.165, 1.54) is 6.42 Å². The van der Waals surface area contributed by atoms with E-state index in [-0.39, 0.29) is 49.3 Å². The third-order valence-electron chi connectivity index (χ3n) is 10.3. The largest absolute Gasteiger partial charge is 0.497 e. The second-order valence-corrected chi connectivity index (χ2v) is 12.4. The van der Waals surface area contributed by atoms with Crippen molar-refractivity contribution in [1.82, 2.24) is 9.80 Å². The molecule has 1 aromatic carbocycles. The molecule has 1 aromatic rings. The quantitative estimate of drug-likeness (QED) is 0.500. The highest BCUT2D eigenvalue weighted by atomic mass is 16.5. The van der Waals surface area contributed by atoms with Crippen LogP contribution in [0.4, 0.5) is 0 Å². The van der Waals surface area contributed by atoms with Crippen molar-refractivity contribution in [3.05, 3.63) is 29.8 Å². The van der Waals surface area contributed by atoms with Gasteiger partial charge in [0, 0.05) is 30.8 Å². The molecule has 3 aliphatic heterocycles. The second kappa shape index (κ2) is 12.1. The Morgan fingerprint density at radius 3 is 2.42 bits per heavy atom. The molecule has 2 amide bonds. The summed E-state index contributed by atoms with van der Waals surface area (Å²) < 4.78 is 10.9. The number of piperidine rings is 1. The van der Waals surface area contributed by atoms with Gasteiger partial charge in [0.15, 0.2) is 0 Å². The van der Waals surface area contributed by atoms with Crippen LogP contribution >= 0.6 is 0 Å². The Bertz CT molecular complexity index is 1080. The molecule has 1 aliphatic carbocycles. The highest BCUT2D eigenvalue weighted by Gasteiger charge is 2.73. The average Bonchev–Trinajstić information content (AvgIpc) is 3.12. The number of carbonyl (C=O) groups is 3. The summed E-state index contributed by atoms with van der Waals surface area (Å²) in [6.45, 7) is 2.87. The predicted octanol–water partition coefficient (Wildman–Crippen LogP) is 4.47. The number of esters is 1. The van der Waals surface area contributed by atoms with E-state index in [4.69, 9.17) is 9.47 Å². The van der Waals surface area contributed by atoms with Crippen LogP contribution in [0, 0.1) is 17.3 Å². The van der Waals surface area contributed by atoms with E-state index in [1.54, 1.807) is 14.0 Å². The van der Waals surface area contributed by atoms with Crippen LogP contribution in [-0.2, 0) is 25.7 Å². The van der Waals surface area contributed by atoms with Crippen molar-refractivity contribution in [2.75, 3.05) is 26.9 Å². The van der Waals surface area contributed by atoms with Gasteiger partial charge in [0.05, 0.1) is 38.3 Å². The van der Waals surface area contributed by atoms with Crippen molar-refractivity contribution in [1.29, 1.82) is 0 Å². The lowest BCUT2D eigenvalue weighted by Gasteiger charge is -2.63. The van der Waals surface area contributed by atoms with E-state index in [9.17, 15) is 19.5 Å². The van der Waals surface area contributed by atoms with Crippen LogP contribution in [0.1, 0.15) is 89.5 Å². The summed E-state index contributed by atoms with van der Waals surface area (Å²) in [5.74, 6) is 0.191. The number of amides is 2. The monoisotopic (exact) mass is 554 g/mol. The number of hydrogen-bond acceptors (Lipinski definition) is 6. The Morgan fingerprint density at radius 1 is 1.05 bits per heavy atom. The van der Waals surface area contributed by atoms with Crippen LogP contribution in [0.5, 0.6) is 5.75 Å². The van der Waals surface area contributed by atoms with Gasteiger partial charge in [0.2, 0.25) is 11.8 Å². The van der Waals surface area contributed by atoms with E-state index in [0.29, 0.717) is 32.4 Å². The number of rotatable bonds is 7. The van der Waals surface area contributed by atoms with Gasteiger partial charge in [-0.15, -0.1) is 0 Å². The summed E-state index contributed by atoms with van der Waals surface area (Å²) in [6, 6.07) is 7.26. The SMILES string of the molecule is CCOC(=O)C[C@@]12[C@@H]3CCN4C(=O)CCCCCCCCC[C@@](CO)(C[C@H]3C(=O)N1Cc1ccc(OC)cc1)[C@H]42. The average molecular weight is 555 g/mol. The van der Waals surface area contributed by atoms with E-state index >= 15 is 0 Å². The zero-order valence-corrected chi connectivity index (χ0v) is 24.2. The van der Waals surface area contributed by atoms with Crippen LogP contribution in [0.3, 0.4) is 0 Å².